The molecule has 0 amide bonds. The van der Waals surface area contributed by atoms with Crippen LogP contribution >= 0.6 is 0 Å². The van der Waals surface area contributed by atoms with Gasteiger partial charge in [-0.1, -0.05) is 12.8 Å². The second-order valence-corrected chi connectivity index (χ2v) is 6.55. The van der Waals surface area contributed by atoms with Crippen molar-refractivity contribution >= 4 is 0 Å². The van der Waals surface area contributed by atoms with E-state index in [1.54, 1.807) is 0 Å². The van der Waals surface area contributed by atoms with Crippen LogP contribution in [-0.4, -0.2) is 50.3 Å². The van der Waals surface area contributed by atoms with E-state index in [1.165, 1.54) is 32.1 Å². The molecule has 0 aromatic carbocycles. The van der Waals surface area contributed by atoms with Crippen LogP contribution < -0.4 is 5.32 Å². The Hall–Kier alpha value is -0.120. The van der Waals surface area contributed by atoms with Crippen LogP contribution in [0.1, 0.15) is 52.4 Å². The largest absolute Gasteiger partial charge is 0.379 e. The molecule has 1 unspecified atom stereocenters. The fourth-order valence-corrected chi connectivity index (χ4v) is 3.37. The first-order valence-electron chi connectivity index (χ1n) is 7.28. The van der Waals surface area contributed by atoms with Crippen LogP contribution in [0.25, 0.3) is 0 Å². The summed E-state index contributed by atoms with van der Waals surface area (Å²) in [5.74, 6) is 0. The van der Waals surface area contributed by atoms with Gasteiger partial charge in [-0.15, -0.1) is 0 Å². The molecule has 0 saturated heterocycles. The van der Waals surface area contributed by atoms with Crippen LogP contribution in [0.2, 0.25) is 0 Å². The summed E-state index contributed by atoms with van der Waals surface area (Å²) in [4.78, 5) is 2.45. The van der Waals surface area contributed by atoms with Gasteiger partial charge in [-0.3, -0.25) is 0 Å². The smallest absolute Gasteiger partial charge is 0.0623 e. The van der Waals surface area contributed by atoms with E-state index in [0.717, 1.165) is 6.42 Å². The third kappa shape index (κ3) is 3.46. The van der Waals surface area contributed by atoms with Crippen molar-refractivity contribution in [2.75, 3.05) is 28.3 Å². The number of ether oxygens (including phenoxy) is 1. The first-order chi connectivity index (χ1) is 8.38. The first kappa shape index (κ1) is 15.9. The van der Waals surface area contributed by atoms with Gasteiger partial charge in [-0.05, 0) is 60.7 Å². The van der Waals surface area contributed by atoms with Crippen molar-refractivity contribution in [1.82, 2.24) is 10.2 Å². The van der Waals surface area contributed by atoms with Gasteiger partial charge >= 0.3 is 0 Å². The molecule has 3 heteroatoms. The second-order valence-electron chi connectivity index (χ2n) is 6.55. The zero-order valence-corrected chi connectivity index (χ0v) is 13.2. The van der Waals surface area contributed by atoms with Gasteiger partial charge in [0, 0.05) is 18.7 Å². The van der Waals surface area contributed by atoms with E-state index in [-0.39, 0.29) is 5.60 Å². The van der Waals surface area contributed by atoms with Gasteiger partial charge in [0.25, 0.3) is 0 Å². The van der Waals surface area contributed by atoms with Crippen LogP contribution in [0.5, 0.6) is 0 Å². The Morgan fingerprint density at radius 2 is 1.83 bits per heavy atom. The van der Waals surface area contributed by atoms with Crippen molar-refractivity contribution in [3.63, 3.8) is 0 Å². The first-order valence-corrected chi connectivity index (χ1v) is 7.28. The average molecular weight is 256 g/mol. The Morgan fingerprint density at radius 1 is 1.28 bits per heavy atom. The quantitative estimate of drug-likeness (QED) is 0.758. The SMILES string of the molecule is CNC(CCC(C)(C)OC)C1(N(C)C)CCCC1. The zero-order valence-electron chi connectivity index (χ0n) is 13.2. The van der Waals surface area contributed by atoms with Crippen molar-refractivity contribution in [3.8, 4) is 0 Å². The number of likely N-dealkylation sites (N-methyl/N-ethyl adjacent to an activating group) is 2. The summed E-state index contributed by atoms with van der Waals surface area (Å²) in [6.07, 6.45) is 7.64. The summed E-state index contributed by atoms with van der Waals surface area (Å²) in [5, 5.41) is 3.57. The molecule has 0 heterocycles. The van der Waals surface area contributed by atoms with Gasteiger partial charge < -0.3 is 15.0 Å². The summed E-state index contributed by atoms with van der Waals surface area (Å²) in [6, 6.07) is 0.560. The molecule has 1 rings (SSSR count). The van der Waals surface area contributed by atoms with Crippen molar-refractivity contribution < 1.29 is 4.74 Å². The molecule has 0 spiro atoms. The van der Waals surface area contributed by atoms with Gasteiger partial charge in [0.15, 0.2) is 0 Å². The molecule has 1 atom stereocenters. The van der Waals surface area contributed by atoms with Crippen LogP contribution in [0.15, 0.2) is 0 Å². The topological polar surface area (TPSA) is 24.5 Å². The van der Waals surface area contributed by atoms with E-state index in [0.29, 0.717) is 11.6 Å². The van der Waals surface area contributed by atoms with Crippen molar-refractivity contribution in [2.24, 2.45) is 0 Å². The third-order valence-electron chi connectivity index (χ3n) is 4.94. The highest BCUT2D eigenvalue weighted by molar-refractivity contribution is 5.02. The zero-order chi connectivity index (χ0) is 13.8. The monoisotopic (exact) mass is 256 g/mol. The molecule has 1 saturated carbocycles. The number of rotatable bonds is 7. The summed E-state index contributed by atoms with van der Waals surface area (Å²) in [5.41, 5.74) is 0.333. The molecular weight excluding hydrogens is 224 g/mol. The molecule has 0 aliphatic heterocycles. The molecule has 0 aromatic rings. The lowest BCUT2D eigenvalue weighted by molar-refractivity contribution is 0.00435. The van der Waals surface area contributed by atoms with Crippen LogP contribution in [-0.2, 0) is 4.74 Å². The van der Waals surface area contributed by atoms with E-state index in [1.807, 2.05) is 7.11 Å². The third-order valence-corrected chi connectivity index (χ3v) is 4.94. The Morgan fingerprint density at radius 3 is 2.22 bits per heavy atom. The number of hydrogen-bond acceptors (Lipinski definition) is 3. The Bertz CT molecular complexity index is 245. The van der Waals surface area contributed by atoms with Crippen LogP contribution in [0.3, 0.4) is 0 Å². The lowest BCUT2D eigenvalue weighted by Gasteiger charge is -2.44. The van der Waals surface area contributed by atoms with Gasteiger partial charge in [-0.25, -0.2) is 0 Å². The minimum absolute atomic E-state index is 0.0127. The molecule has 0 aromatic heterocycles. The van der Waals surface area contributed by atoms with Crippen molar-refractivity contribution in [3.05, 3.63) is 0 Å². The highest BCUT2D eigenvalue weighted by atomic mass is 16.5. The molecule has 0 bridgehead atoms. The van der Waals surface area contributed by atoms with E-state index < -0.39 is 0 Å². The summed E-state index contributed by atoms with van der Waals surface area (Å²) in [7, 11) is 8.38. The molecule has 1 aliphatic carbocycles. The number of methoxy groups -OCH3 is 1. The number of nitrogens with one attached hydrogen (secondary N) is 1. The van der Waals surface area contributed by atoms with Gasteiger partial charge in [0.1, 0.15) is 0 Å². The Kier molecular flexibility index (Phi) is 5.63. The van der Waals surface area contributed by atoms with E-state index in [2.05, 4.69) is 45.2 Å². The molecule has 1 N–H and O–H groups in total. The lowest BCUT2D eigenvalue weighted by Crippen LogP contribution is -2.57. The van der Waals surface area contributed by atoms with E-state index in [4.69, 9.17) is 4.74 Å². The highest BCUT2D eigenvalue weighted by Crippen LogP contribution is 2.38. The fraction of sp³-hybridized carbons (Fsp3) is 1.00. The van der Waals surface area contributed by atoms with Gasteiger partial charge in [0.05, 0.1) is 5.60 Å². The summed E-state index contributed by atoms with van der Waals surface area (Å²) in [6.45, 7) is 4.35. The molecule has 0 radical (unpaired) electrons. The molecule has 3 nitrogen and oxygen atoms in total. The standard InChI is InChI=1S/C15H32N2O/c1-14(2,18-6)12-9-13(16-3)15(17(4)5)10-7-8-11-15/h13,16H,7-12H2,1-6H3. The molecular formula is C15H32N2O. The lowest BCUT2D eigenvalue weighted by atomic mass is 9.82. The molecule has 1 aliphatic rings. The van der Waals surface area contributed by atoms with E-state index in [9.17, 15) is 0 Å². The summed E-state index contributed by atoms with van der Waals surface area (Å²) >= 11 is 0. The molecule has 108 valence electrons. The minimum Gasteiger partial charge on any atom is -0.379 e. The van der Waals surface area contributed by atoms with Crippen LogP contribution in [0.4, 0.5) is 0 Å². The molecule has 18 heavy (non-hydrogen) atoms. The maximum atomic E-state index is 5.55. The van der Waals surface area contributed by atoms with Crippen LogP contribution in [0, 0.1) is 0 Å². The van der Waals surface area contributed by atoms with Crippen molar-refractivity contribution in [1.29, 1.82) is 0 Å². The predicted octanol–water partition coefficient (Wildman–Crippen LogP) is 2.65. The second kappa shape index (κ2) is 6.36. The maximum absolute atomic E-state index is 5.55. The highest BCUT2D eigenvalue weighted by Gasteiger charge is 2.42. The maximum Gasteiger partial charge on any atom is 0.0623 e. The molecule has 1 fully saturated rings. The Labute approximate surface area is 113 Å². The summed E-state index contributed by atoms with van der Waals surface area (Å²) < 4.78 is 5.55. The van der Waals surface area contributed by atoms with Gasteiger partial charge in [-0.2, -0.15) is 0 Å². The predicted molar refractivity (Wildman–Crippen MR) is 78.1 cm³/mol. The fourth-order valence-electron chi connectivity index (χ4n) is 3.37. The number of hydrogen-bond donors (Lipinski definition) is 1. The minimum atomic E-state index is -0.0127. The Balaban J connectivity index is 2.69. The van der Waals surface area contributed by atoms with E-state index >= 15 is 0 Å². The number of nitrogens with zero attached hydrogens (tertiary/aromatic N) is 1. The normalized spacial score (nSPS) is 21.5. The van der Waals surface area contributed by atoms with Gasteiger partial charge in [0.2, 0.25) is 0 Å². The average Bonchev–Trinajstić information content (AvgIpc) is 2.80. The van der Waals surface area contributed by atoms with Crippen molar-refractivity contribution in [2.45, 2.75) is 69.6 Å².